The van der Waals surface area contributed by atoms with Crippen molar-refractivity contribution < 1.29 is 0 Å². The molecular formula is C10H18N4. The maximum Gasteiger partial charge on any atom is 0.152 e. The molecule has 0 aromatic carbocycles. The summed E-state index contributed by atoms with van der Waals surface area (Å²) in [5, 5.41) is 4.50. The molecule has 1 aliphatic rings. The Kier molecular flexibility index (Phi) is 2.82. The van der Waals surface area contributed by atoms with Crippen LogP contribution in [0.25, 0.3) is 0 Å². The molecule has 2 rings (SSSR count). The average molecular weight is 194 g/mol. The molecule has 4 nitrogen and oxygen atoms in total. The van der Waals surface area contributed by atoms with Crippen molar-refractivity contribution in [1.29, 1.82) is 0 Å². The monoisotopic (exact) mass is 194 g/mol. The van der Waals surface area contributed by atoms with Crippen molar-refractivity contribution in [3.8, 4) is 0 Å². The first-order chi connectivity index (χ1) is 6.75. The van der Waals surface area contributed by atoms with Gasteiger partial charge in [-0.1, -0.05) is 0 Å². The minimum Gasteiger partial charge on any atom is -0.309 e. The van der Waals surface area contributed by atoms with Crippen LogP contribution < -0.4 is 0 Å². The van der Waals surface area contributed by atoms with Crippen LogP contribution in [0, 0.1) is 0 Å². The molecule has 0 atom stereocenters. The van der Waals surface area contributed by atoms with Gasteiger partial charge in [-0.15, -0.1) is 0 Å². The first-order valence-electron chi connectivity index (χ1n) is 5.33. The first kappa shape index (κ1) is 9.65. The maximum atomic E-state index is 4.55. The molecule has 1 aromatic heterocycles. The number of rotatable bonds is 3. The molecule has 0 N–H and O–H groups in total. The van der Waals surface area contributed by atoms with Gasteiger partial charge in [0.2, 0.25) is 0 Å². The van der Waals surface area contributed by atoms with E-state index in [1.807, 2.05) is 0 Å². The number of hydrogen-bond donors (Lipinski definition) is 0. The number of aromatic nitrogens is 3. The van der Waals surface area contributed by atoms with E-state index in [1.54, 1.807) is 0 Å². The van der Waals surface area contributed by atoms with E-state index in [9.17, 15) is 0 Å². The van der Waals surface area contributed by atoms with Gasteiger partial charge in [0.25, 0.3) is 0 Å². The van der Waals surface area contributed by atoms with Crippen molar-refractivity contribution >= 4 is 0 Å². The lowest BCUT2D eigenvalue weighted by molar-refractivity contribution is 0.408. The lowest BCUT2D eigenvalue weighted by Crippen LogP contribution is -2.15. The van der Waals surface area contributed by atoms with E-state index in [0.29, 0.717) is 0 Å². The third-order valence-corrected chi connectivity index (χ3v) is 2.60. The third kappa shape index (κ3) is 2.12. The zero-order valence-corrected chi connectivity index (χ0v) is 9.03. The zero-order chi connectivity index (χ0) is 9.97. The summed E-state index contributed by atoms with van der Waals surface area (Å²) in [5.41, 5.74) is 0. The van der Waals surface area contributed by atoms with Gasteiger partial charge in [0.15, 0.2) is 5.82 Å². The van der Waals surface area contributed by atoms with Gasteiger partial charge in [-0.25, -0.2) is 9.67 Å². The summed E-state index contributed by atoms with van der Waals surface area (Å²) in [6.45, 7) is 2.09. The Labute approximate surface area is 84.9 Å². The van der Waals surface area contributed by atoms with Gasteiger partial charge in [0, 0.05) is 25.9 Å². The smallest absolute Gasteiger partial charge is 0.152 e. The number of nitrogens with zero attached hydrogens (tertiary/aromatic N) is 4. The highest BCUT2D eigenvalue weighted by atomic mass is 15.3. The van der Waals surface area contributed by atoms with E-state index in [2.05, 4.69) is 33.8 Å². The van der Waals surface area contributed by atoms with Crippen LogP contribution in [0.5, 0.6) is 0 Å². The Morgan fingerprint density at radius 2 is 2.21 bits per heavy atom. The zero-order valence-electron chi connectivity index (χ0n) is 9.03. The van der Waals surface area contributed by atoms with Gasteiger partial charge in [0.05, 0.1) is 0 Å². The molecule has 0 unspecified atom stereocenters. The van der Waals surface area contributed by atoms with Gasteiger partial charge < -0.3 is 4.90 Å². The standard InChI is InChI=1S/C10H18N4/c1-13(2)8-6-9-11-10-5-3-4-7-14(10)12-9/h3-8H2,1-2H3. The fourth-order valence-electron chi connectivity index (χ4n) is 1.76. The van der Waals surface area contributed by atoms with Crippen LogP contribution in [-0.2, 0) is 19.4 Å². The van der Waals surface area contributed by atoms with Crippen molar-refractivity contribution in [3.05, 3.63) is 11.6 Å². The number of aryl methyl sites for hydroxylation is 2. The minimum atomic E-state index is 0.965. The second kappa shape index (κ2) is 4.09. The summed E-state index contributed by atoms with van der Waals surface area (Å²) in [7, 11) is 4.16. The van der Waals surface area contributed by atoms with Crippen LogP contribution in [0.3, 0.4) is 0 Å². The maximum absolute atomic E-state index is 4.55. The number of likely N-dealkylation sites (N-methyl/N-ethyl adjacent to an activating group) is 1. The molecule has 0 amide bonds. The van der Waals surface area contributed by atoms with E-state index >= 15 is 0 Å². The summed E-state index contributed by atoms with van der Waals surface area (Å²) in [6, 6.07) is 0. The van der Waals surface area contributed by atoms with Crippen molar-refractivity contribution in [3.63, 3.8) is 0 Å². The van der Waals surface area contributed by atoms with Gasteiger partial charge >= 0.3 is 0 Å². The van der Waals surface area contributed by atoms with Gasteiger partial charge in [-0.2, -0.15) is 5.10 Å². The molecule has 0 aliphatic carbocycles. The molecule has 1 aliphatic heterocycles. The summed E-state index contributed by atoms with van der Waals surface area (Å²) in [6.07, 6.45) is 4.59. The predicted molar refractivity (Wildman–Crippen MR) is 55.2 cm³/mol. The van der Waals surface area contributed by atoms with Crippen molar-refractivity contribution in [2.75, 3.05) is 20.6 Å². The highest BCUT2D eigenvalue weighted by molar-refractivity contribution is 4.96. The average Bonchev–Trinajstić information content (AvgIpc) is 2.57. The fraction of sp³-hybridized carbons (Fsp3) is 0.800. The molecule has 0 fully saturated rings. The Bertz CT molecular complexity index is 280. The topological polar surface area (TPSA) is 34.0 Å². The molecule has 2 heterocycles. The number of fused-ring (bicyclic) bond motifs is 1. The van der Waals surface area contributed by atoms with Crippen LogP contribution >= 0.6 is 0 Å². The highest BCUT2D eigenvalue weighted by Crippen LogP contribution is 2.11. The summed E-state index contributed by atoms with van der Waals surface area (Å²) >= 11 is 0. The third-order valence-electron chi connectivity index (χ3n) is 2.60. The summed E-state index contributed by atoms with van der Waals surface area (Å²) in [5.74, 6) is 2.20. The molecule has 0 saturated heterocycles. The van der Waals surface area contributed by atoms with E-state index in [-0.39, 0.29) is 0 Å². The van der Waals surface area contributed by atoms with Crippen LogP contribution in [0.15, 0.2) is 0 Å². The molecule has 0 bridgehead atoms. The molecule has 0 radical (unpaired) electrons. The second-order valence-corrected chi connectivity index (χ2v) is 4.18. The van der Waals surface area contributed by atoms with Gasteiger partial charge in [-0.3, -0.25) is 0 Å². The summed E-state index contributed by atoms with van der Waals surface area (Å²) in [4.78, 5) is 6.71. The van der Waals surface area contributed by atoms with E-state index in [0.717, 1.165) is 31.8 Å². The predicted octanol–water partition coefficient (Wildman–Crippen LogP) is 0.718. The molecular weight excluding hydrogens is 176 g/mol. The Morgan fingerprint density at radius 3 is 2.93 bits per heavy atom. The number of hydrogen-bond acceptors (Lipinski definition) is 3. The SMILES string of the molecule is CN(C)CCc1nc2n(n1)CCCC2. The highest BCUT2D eigenvalue weighted by Gasteiger charge is 2.13. The normalized spacial score (nSPS) is 15.9. The molecule has 14 heavy (non-hydrogen) atoms. The van der Waals surface area contributed by atoms with Gasteiger partial charge in [-0.05, 0) is 26.9 Å². The van der Waals surface area contributed by atoms with Crippen LogP contribution in [-0.4, -0.2) is 40.3 Å². The van der Waals surface area contributed by atoms with Crippen molar-refractivity contribution in [2.45, 2.75) is 32.2 Å². The fourth-order valence-corrected chi connectivity index (χ4v) is 1.76. The molecule has 1 aromatic rings. The van der Waals surface area contributed by atoms with E-state index in [1.165, 1.54) is 18.7 Å². The first-order valence-corrected chi connectivity index (χ1v) is 5.33. The van der Waals surface area contributed by atoms with E-state index < -0.39 is 0 Å². The minimum absolute atomic E-state index is 0.965. The Morgan fingerprint density at radius 1 is 1.36 bits per heavy atom. The molecule has 0 spiro atoms. The van der Waals surface area contributed by atoms with Crippen molar-refractivity contribution in [2.24, 2.45) is 0 Å². The van der Waals surface area contributed by atoms with Gasteiger partial charge in [0.1, 0.15) is 5.82 Å². The van der Waals surface area contributed by atoms with E-state index in [4.69, 9.17) is 0 Å². The van der Waals surface area contributed by atoms with Crippen LogP contribution in [0.2, 0.25) is 0 Å². The van der Waals surface area contributed by atoms with Crippen LogP contribution in [0.1, 0.15) is 24.5 Å². The van der Waals surface area contributed by atoms with Crippen molar-refractivity contribution in [1.82, 2.24) is 19.7 Å². The lowest BCUT2D eigenvalue weighted by Gasteiger charge is -2.10. The molecule has 0 saturated carbocycles. The summed E-state index contributed by atoms with van der Waals surface area (Å²) < 4.78 is 2.08. The quantitative estimate of drug-likeness (QED) is 0.711. The molecule has 78 valence electrons. The lowest BCUT2D eigenvalue weighted by atomic mass is 10.2. The van der Waals surface area contributed by atoms with Crippen LogP contribution in [0.4, 0.5) is 0 Å². The second-order valence-electron chi connectivity index (χ2n) is 4.18. The molecule has 4 heteroatoms. The Hall–Kier alpha value is -0.900. The largest absolute Gasteiger partial charge is 0.309 e. The Balaban J connectivity index is 2.01.